The number of fused-ring (bicyclic) bond motifs is 1. The molecule has 0 unspecified atom stereocenters. The minimum absolute atomic E-state index is 0.149. The lowest BCUT2D eigenvalue weighted by Crippen LogP contribution is -2.54. The van der Waals surface area contributed by atoms with Crippen molar-refractivity contribution >= 4 is 23.1 Å². The Labute approximate surface area is 237 Å². The van der Waals surface area contributed by atoms with Crippen molar-refractivity contribution < 1.29 is 43.9 Å². The van der Waals surface area contributed by atoms with E-state index in [0.29, 0.717) is 0 Å². The van der Waals surface area contributed by atoms with Gasteiger partial charge in [-0.25, -0.2) is 23.4 Å². The van der Waals surface area contributed by atoms with Gasteiger partial charge in [-0.1, -0.05) is 12.1 Å². The Morgan fingerprint density at radius 1 is 1.15 bits per heavy atom. The second-order valence-corrected chi connectivity index (χ2v) is 9.05. The average Bonchev–Trinajstić information content (AvgIpc) is 3.25. The number of urea groups is 1. The van der Waals surface area contributed by atoms with Crippen LogP contribution in [0, 0.1) is 11.6 Å². The molecular formula is C26H27F5N6O3. The summed E-state index contributed by atoms with van der Waals surface area (Å²) in [6.07, 6.45) is -12.7. The smallest absolute Gasteiger partial charge is 0.331 e. The number of H-pyrrole nitrogens is 1. The van der Waals surface area contributed by atoms with Crippen LogP contribution in [0.25, 0.3) is 11.2 Å². The summed E-state index contributed by atoms with van der Waals surface area (Å²) < 4.78 is 148. The number of likely N-dealkylation sites (tertiary alicyclic amines) is 2. The lowest BCUT2D eigenvalue weighted by molar-refractivity contribution is -0.162. The topological polar surface area (TPSA) is 103 Å². The first-order valence-corrected chi connectivity index (χ1v) is 11.9. The summed E-state index contributed by atoms with van der Waals surface area (Å²) >= 11 is 0. The largest absolute Gasteiger partial charge is 0.406 e. The molecule has 2 saturated heterocycles. The molecule has 5 rings (SSSR count). The zero-order valence-electron chi connectivity index (χ0n) is 29.4. The molecule has 2 atom stereocenters. The second kappa shape index (κ2) is 10.9. The number of amides is 3. The predicted molar refractivity (Wildman–Crippen MR) is 133 cm³/mol. The summed E-state index contributed by atoms with van der Waals surface area (Å²) in [5, 5.41) is 1.88. The number of carbonyl (C=O) groups excluding carboxylic acids is 2. The number of imidazole rings is 1. The van der Waals surface area contributed by atoms with Gasteiger partial charge in [0.05, 0.1) is 6.89 Å². The molecule has 2 aliphatic heterocycles. The van der Waals surface area contributed by atoms with Crippen molar-refractivity contribution in [2.24, 2.45) is 0 Å². The van der Waals surface area contributed by atoms with E-state index in [2.05, 4.69) is 9.97 Å². The van der Waals surface area contributed by atoms with E-state index in [0.717, 1.165) is 24.3 Å². The Morgan fingerprint density at radius 2 is 1.90 bits per heavy atom. The van der Waals surface area contributed by atoms with Crippen LogP contribution in [0.15, 0.2) is 41.3 Å². The van der Waals surface area contributed by atoms with Crippen LogP contribution in [0.3, 0.4) is 0 Å². The third-order valence-corrected chi connectivity index (χ3v) is 6.40. The normalized spacial score (nSPS) is 30.2. The second-order valence-electron chi connectivity index (χ2n) is 9.05. The van der Waals surface area contributed by atoms with Gasteiger partial charge in [-0.2, -0.15) is 13.2 Å². The number of benzene rings is 1. The van der Waals surface area contributed by atoms with E-state index >= 15 is 0 Å². The predicted octanol–water partition coefficient (Wildman–Crippen LogP) is 3.69. The fourth-order valence-electron chi connectivity index (χ4n) is 4.61. The molecule has 214 valence electrons. The minimum atomic E-state index is -5.01. The number of alkyl halides is 3. The van der Waals surface area contributed by atoms with E-state index in [1.807, 2.05) is 5.32 Å². The summed E-state index contributed by atoms with van der Waals surface area (Å²) in [5.74, 6) is -5.35. The van der Waals surface area contributed by atoms with E-state index in [4.69, 9.17) is 12.3 Å². The summed E-state index contributed by atoms with van der Waals surface area (Å²) in [7, 11) is 0. The molecule has 2 aliphatic rings. The number of aromatic nitrogens is 3. The molecule has 0 radical (unpaired) electrons. The highest BCUT2D eigenvalue weighted by Crippen LogP contribution is 2.32. The number of rotatable bonds is 4. The van der Waals surface area contributed by atoms with Gasteiger partial charge in [0.15, 0.2) is 17.3 Å². The number of nitrogens with one attached hydrogen (secondary N) is 2. The number of pyridine rings is 1. The van der Waals surface area contributed by atoms with Crippen LogP contribution in [0.2, 0.25) is 0 Å². The van der Waals surface area contributed by atoms with Gasteiger partial charge >= 0.3 is 17.9 Å². The summed E-state index contributed by atoms with van der Waals surface area (Å²) in [6, 6.07) is -2.47. The minimum Gasteiger partial charge on any atom is -0.331 e. The Bertz CT molecular complexity index is 1840. The van der Waals surface area contributed by atoms with Gasteiger partial charge in [0.2, 0.25) is 5.91 Å². The summed E-state index contributed by atoms with van der Waals surface area (Å²) in [5.41, 5.74) is -2.41. The van der Waals surface area contributed by atoms with E-state index in [1.54, 1.807) is 0 Å². The average molecular weight is 576 g/mol. The number of piperidine rings is 1. The molecule has 1 aromatic carbocycles. The lowest BCUT2D eigenvalue weighted by Gasteiger charge is -2.34. The molecule has 3 aromatic rings. The third kappa shape index (κ3) is 5.65. The van der Waals surface area contributed by atoms with Crippen molar-refractivity contribution in [2.75, 3.05) is 26.1 Å². The fourth-order valence-corrected chi connectivity index (χ4v) is 4.61. The van der Waals surface area contributed by atoms with Gasteiger partial charge in [0.25, 0.3) is 0 Å². The van der Waals surface area contributed by atoms with E-state index in [9.17, 15) is 36.3 Å². The third-order valence-electron chi connectivity index (χ3n) is 6.40. The van der Waals surface area contributed by atoms with Crippen LogP contribution in [0.4, 0.5) is 26.7 Å². The number of aromatic amines is 1. The number of carbonyl (C=O) groups is 2. The molecule has 2 fully saturated rings. The van der Waals surface area contributed by atoms with Crippen molar-refractivity contribution in [1.29, 1.82) is 0 Å². The zero-order valence-corrected chi connectivity index (χ0v) is 20.4. The highest BCUT2D eigenvalue weighted by Gasteiger charge is 2.40. The van der Waals surface area contributed by atoms with E-state index in [1.165, 1.54) is 12.3 Å². The summed E-state index contributed by atoms with van der Waals surface area (Å²) in [4.78, 5) is 45.7. The van der Waals surface area contributed by atoms with Crippen molar-refractivity contribution in [2.45, 2.75) is 49.7 Å². The van der Waals surface area contributed by atoms with Crippen molar-refractivity contribution in [1.82, 2.24) is 29.7 Å². The Hall–Kier alpha value is -3.97. The van der Waals surface area contributed by atoms with Gasteiger partial charge < -0.3 is 15.1 Å². The monoisotopic (exact) mass is 575 g/mol. The zero-order chi connectivity index (χ0) is 36.7. The Morgan fingerprint density at radius 3 is 2.62 bits per heavy atom. The maximum atomic E-state index is 14.6. The fraction of sp³-hybridized carbons (Fsp3) is 0.462. The molecule has 3 amide bonds. The number of halogens is 5. The van der Waals surface area contributed by atoms with E-state index in [-0.39, 0.29) is 27.1 Å². The van der Waals surface area contributed by atoms with Crippen LogP contribution >= 0.6 is 0 Å². The molecule has 0 bridgehead atoms. The highest BCUT2D eigenvalue weighted by molar-refractivity contribution is 5.87. The number of hydrogen-bond acceptors (Lipinski definition) is 4. The molecule has 0 saturated carbocycles. The van der Waals surface area contributed by atoms with Crippen molar-refractivity contribution in [3.05, 3.63) is 64.2 Å². The van der Waals surface area contributed by atoms with Gasteiger partial charge in [-0.05, 0) is 49.4 Å². The number of nitrogens with zero attached hydrogens (tertiary/aromatic N) is 4. The summed E-state index contributed by atoms with van der Waals surface area (Å²) in [6.45, 7) is -10.7. The lowest BCUT2D eigenvalue weighted by atomic mass is 9.93. The van der Waals surface area contributed by atoms with Gasteiger partial charge in [-0.3, -0.25) is 14.3 Å². The number of hydrogen-bond donors (Lipinski definition) is 2. The molecule has 2 aromatic heterocycles. The first kappa shape index (κ1) is 18.4. The molecular weight excluding hydrogens is 539 g/mol. The molecule has 4 heterocycles. The Balaban J connectivity index is 1.55. The van der Waals surface area contributed by atoms with Crippen molar-refractivity contribution in [3.63, 3.8) is 0 Å². The van der Waals surface area contributed by atoms with Crippen LogP contribution in [-0.4, -0.2) is 74.6 Å². The molecule has 2 N–H and O–H groups in total. The van der Waals surface area contributed by atoms with Crippen LogP contribution in [0.5, 0.6) is 0 Å². The van der Waals surface area contributed by atoms with Crippen LogP contribution in [0.1, 0.15) is 55.4 Å². The first-order chi connectivity index (χ1) is 22.4. The molecule has 0 aliphatic carbocycles. The molecule has 9 nitrogen and oxygen atoms in total. The molecule has 14 heteroatoms. The molecule has 40 heavy (non-hydrogen) atoms. The van der Waals surface area contributed by atoms with E-state index < -0.39 is 109 Å². The maximum Gasteiger partial charge on any atom is 0.406 e. The SMILES string of the molecule is [2H]C1([2H])N(C(=O)N[C@@H]2CC[C@@H](c3cccc(F)c3F)CN(CC(F)(F)F)C2=O)C([2H])([2H])C([2H])([2H])C([2H])(n2c(=O)[nH]c3ncccc32)C1([2H])[2H]. The van der Waals surface area contributed by atoms with Gasteiger partial charge in [0, 0.05) is 48.6 Å². The molecule has 0 spiro atoms. The van der Waals surface area contributed by atoms with Gasteiger partial charge in [-0.15, -0.1) is 0 Å². The van der Waals surface area contributed by atoms with Crippen LogP contribution < -0.4 is 11.0 Å². The van der Waals surface area contributed by atoms with Gasteiger partial charge in [0.1, 0.15) is 12.6 Å². The van der Waals surface area contributed by atoms with Crippen molar-refractivity contribution in [3.8, 4) is 0 Å². The quantitative estimate of drug-likeness (QED) is 0.464. The highest BCUT2D eigenvalue weighted by atomic mass is 19.4. The maximum absolute atomic E-state index is 14.6. The standard InChI is InChI=1S/C26H27F5N6O3/c27-18-4-1-3-17(21(18)28)15-6-7-19(23(38)36(13-15)14-26(29,30)31)33-24(39)35-11-8-16(9-12-35)37-20-5-2-10-32-22(20)34-25(37)40/h1-5,10,15-16,19H,6-9,11-14H2,(H,33,39)(H,32,34,40)/t15-,19-/m1/s1/i8D2,9D2,11D2,12D2,16D. The Kier molecular flexibility index (Phi) is 5.01. The van der Waals surface area contributed by atoms with Crippen LogP contribution in [-0.2, 0) is 4.79 Å². The first-order valence-electron chi connectivity index (χ1n) is 16.4.